The second-order valence-electron chi connectivity index (χ2n) is 7.62. The Labute approximate surface area is 123 Å². The Morgan fingerprint density at radius 1 is 0.750 bits per heavy atom. The maximum absolute atomic E-state index is 9.37. The van der Waals surface area contributed by atoms with Gasteiger partial charge in [0, 0.05) is 13.2 Å². The van der Waals surface area contributed by atoms with E-state index >= 15 is 0 Å². The lowest BCUT2D eigenvalue weighted by molar-refractivity contribution is 0.296. The lowest BCUT2D eigenvalue weighted by Crippen LogP contribution is -2.21. The van der Waals surface area contributed by atoms with Gasteiger partial charge in [-0.15, -0.1) is 0 Å². The molecule has 0 unspecified atom stereocenters. The fourth-order valence-corrected chi connectivity index (χ4v) is 2.80. The average Bonchev–Trinajstić information content (AvgIpc) is 2.26. The molecule has 0 fully saturated rings. The van der Waals surface area contributed by atoms with E-state index in [1.807, 2.05) is 0 Å². The number of rotatable bonds is 4. The van der Waals surface area contributed by atoms with Crippen LogP contribution in [0.2, 0.25) is 0 Å². The minimum atomic E-state index is 0.0193. The van der Waals surface area contributed by atoms with Gasteiger partial charge in [-0.05, 0) is 45.9 Å². The first-order valence-corrected chi connectivity index (χ1v) is 7.49. The van der Waals surface area contributed by atoms with E-state index < -0.39 is 0 Å². The third-order valence-electron chi connectivity index (χ3n) is 3.68. The SMILES string of the molecule is CC(C)(C)c1cc(CCO)c(C(C)(C)C)c(CCO)c1. The van der Waals surface area contributed by atoms with Crippen molar-refractivity contribution in [3.05, 3.63) is 34.4 Å². The monoisotopic (exact) mass is 278 g/mol. The molecular weight excluding hydrogens is 248 g/mol. The Morgan fingerprint density at radius 3 is 1.40 bits per heavy atom. The summed E-state index contributed by atoms with van der Waals surface area (Å²) in [6, 6.07) is 4.47. The average molecular weight is 278 g/mol. The van der Waals surface area contributed by atoms with Crippen LogP contribution in [0.4, 0.5) is 0 Å². The van der Waals surface area contributed by atoms with E-state index in [1.54, 1.807) is 0 Å². The van der Waals surface area contributed by atoms with Crippen molar-refractivity contribution in [3.8, 4) is 0 Å². The van der Waals surface area contributed by atoms with Crippen LogP contribution in [0.1, 0.15) is 63.8 Å². The van der Waals surface area contributed by atoms with Crippen LogP contribution in [0.3, 0.4) is 0 Å². The molecule has 2 N–H and O–H groups in total. The second-order valence-corrected chi connectivity index (χ2v) is 7.62. The van der Waals surface area contributed by atoms with E-state index in [1.165, 1.54) is 22.3 Å². The van der Waals surface area contributed by atoms with Crippen molar-refractivity contribution in [1.29, 1.82) is 0 Å². The molecule has 0 atom stereocenters. The quantitative estimate of drug-likeness (QED) is 0.886. The number of hydrogen-bond donors (Lipinski definition) is 2. The van der Waals surface area contributed by atoms with Gasteiger partial charge in [0.2, 0.25) is 0 Å². The van der Waals surface area contributed by atoms with Crippen molar-refractivity contribution < 1.29 is 10.2 Å². The summed E-state index contributed by atoms with van der Waals surface area (Å²) in [5, 5.41) is 18.7. The van der Waals surface area contributed by atoms with Crippen molar-refractivity contribution in [1.82, 2.24) is 0 Å². The molecule has 0 amide bonds. The van der Waals surface area contributed by atoms with E-state index in [4.69, 9.17) is 0 Å². The van der Waals surface area contributed by atoms with Crippen LogP contribution in [0, 0.1) is 0 Å². The zero-order chi connectivity index (χ0) is 15.6. The largest absolute Gasteiger partial charge is 0.396 e. The highest BCUT2D eigenvalue weighted by Gasteiger charge is 2.24. The summed E-state index contributed by atoms with van der Waals surface area (Å²) < 4.78 is 0. The van der Waals surface area contributed by atoms with Crippen LogP contribution in [0.25, 0.3) is 0 Å². The predicted octanol–water partition coefficient (Wildman–Crippen LogP) is 3.35. The molecule has 0 spiro atoms. The van der Waals surface area contributed by atoms with Crippen molar-refractivity contribution in [2.45, 2.75) is 65.2 Å². The molecule has 1 rings (SSSR count). The van der Waals surface area contributed by atoms with Gasteiger partial charge in [0.1, 0.15) is 0 Å². The molecule has 0 aromatic heterocycles. The maximum atomic E-state index is 9.37. The molecule has 0 saturated heterocycles. The van der Waals surface area contributed by atoms with Gasteiger partial charge in [0.25, 0.3) is 0 Å². The lowest BCUT2D eigenvalue weighted by atomic mass is 9.75. The highest BCUT2D eigenvalue weighted by molar-refractivity contribution is 5.45. The molecule has 2 heteroatoms. The van der Waals surface area contributed by atoms with Crippen molar-refractivity contribution in [2.24, 2.45) is 0 Å². The van der Waals surface area contributed by atoms with Crippen molar-refractivity contribution in [2.75, 3.05) is 13.2 Å². The maximum Gasteiger partial charge on any atom is 0.0471 e. The van der Waals surface area contributed by atoms with Crippen molar-refractivity contribution >= 4 is 0 Å². The molecule has 0 radical (unpaired) electrons. The van der Waals surface area contributed by atoms with E-state index in [0.29, 0.717) is 12.8 Å². The molecule has 0 heterocycles. The minimum absolute atomic E-state index is 0.0193. The summed E-state index contributed by atoms with van der Waals surface area (Å²) in [6.45, 7) is 13.5. The van der Waals surface area contributed by atoms with Gasteiger partial charge in [-0.25, -0.2) is 0 Å². The fourth-order valence-electron chi connectivity index (χ4n) is 2.80. The number of benzene rings is 1. The van der Waals surface area contributed by atoms with Gasteiger partial charge in [0.05, 0.1) is 0 Å². The first-order chi connectivity index (χ1) is 9.11. The van der Waals surface area contributed by atoms with Crippen LogP contribution >= 0.6 is 0 Å². The molecule has 0 aliphatic heterocycles. The Balaban J connectivity index is 3.54. The van der Waals surface area contributed by atoms with Crippen LogP contribution in [-0.2, 0) is 23.7 Å². The molecule has 0 aliphatic rings. The molecule has 1 aromatic carbocycles. The van der Waals surface area contributed by atoms with Gasteiger partial charge in [-0.1, -0.05) is 53.7 Å². The number of aliphatic hydroxyl groups excluding tert-OH is 2. The summed E-state index contributed by atoms with van der Waals surface area (Å²) in [5.74, 6) is 0. The lowest BCUT2D eigenvalue weighted by Gasteiger charge is -2.30. The second kappa shape index (κ2) is 6.28. The Kier molecular flexibility index (Phi) is 5.39. The molecular formula is C18H30O2. The van der Waals surface area contributed by atoms with Crippen molar-refractivity contribution in [3.63, 3.8) is 0 Å². The zero-order valence-electron chi connectivity index (χ0n) is 13.9. The van der Waals surface area contributed by atoms with Crippen LogP contribution in [0.15, 0.2) is 12.1 Å². The van der Waals surface area contributed by atoms with Gasteiger partial charge < -0.3 is 10.2 Å². The molecule has 1 aromatic rings. The minimum Gasteiger partial charge on any atom is -0.396 e. The van der Waals surface area contributed by atoms with Crippen LogP contribution in [0.5, 0.6) is 0 Å². The zero-order valence-corrected chi connectivity index (χ0v) is 13.9. The smallest absolute Gasteiger partial charge is 0.0471 e. The first kappa shape index (κ1) is 17.2. The van der Waals surface area contributed by atoms with Gasteiger partial charge >= 0.3 is 0 Å². The van der Waals surface area contributed by atoms with E-state index in [0.717, 1.165) is 0 Å². The number of hydrogen-bond acceptors (Lipinski definition) is 2. The predicted molar refractivity (Wildman–Crippen MR) is 85.4 cm³/mol. The summed E-state index contributed by atoms with van der Waals surface area (Å²) in [5.41, 5.74) is 5.09. The molecule has 0 bridgehead atoms. The normalized spacial score (nSPS) is 12.8. The Bertz CT molecular complexity index is 420. The summed E-state index contributed by atoms with van der Waals surface area (Å²) in [4.78, 5) is 0. The summed E-state index contributed by atoms with van der Waals surface area (Å²) in [6.07, 6.45) is 1.35. The molecule has 2 nitrogen and oxygen atoms in total. The summed E-state index contributed by atoms with van der Waals surface area (Å²) in [7, 11) is 0. The summed E-state index contributed by atoms with van der Waals surface area (Å²) >= 11 is 0. The number of aliphatic hydroxyl groups is 2. The van der Waals surface area contributed by atoms with Crippen LogP contribution in [-0.4, -0.2) is 23.4 Å². The third-order valence-corrected chi connectivity index (χ3v) is 3.68. The van der Waals surface area contributed by atoms with E-state index in [9.17, 15) is 10.2 Å². The van der Waals surface area contributed by atoms with Gasteiger partial charge in [0.15, 0.2) is 0 Å². The Hall–Kier alpha value is -0.860. The van der Waals surface area contributed by atoms with Crippen LogP contribution < -0.4 is 0 Å². The van der Waals surface area contributed by atoms with Gasteiger partial charge in [-0.3, -0.25) is 0 Å². The highest BCUT2D eigenvalue weighted by Crippen LogP contribution is 2.34. The standard InChI is InChI=1S/C18H30O2/c1-17(2,3)15-11-13(7-9-19)16(18(4,5)6)14(12-15)8-10-20/h11-12,19-20H,7-10H2,1-6H3. The van der Waals surface area contributed by atoms with Gasteiger partial charge in [-0.2, -0.15) is 0 Å². The molecule has 114 valence electrons. The Morgan fingerprint density at radius 2 is 1.15 bits per heavy atom. The van der Waals surface area contributed by atoms with E-state index in [-0.39, 0.29) is 24.0 Å². The topological polar surface area (TPSA) is 40.5 Å². The van der Waals surface area contributed by atoms with E-state index in [2.05, 4.69) is 53.7 Å². The highest BCUT2D eigenvalue weighted by atomic mass is 16.3. The molecule has 0 saturated carbocycles. The fraction of sp³-hybridized carbons (Fsp3) is 0.667. The third kappa shape index (κ3) is 4.07. The molecule has 20 heavy (non-hydrogen) atoms. The first-order valence-electron chi connectivity index (χ1n) is 7.49. The molecule has 0 aliphatic carbocycles.